The van der Waals surface area contributed by atoms with Crippen LogP contribution in [0, 0.1) is 5.92 Å². The van der Waals surface area contributed by atoms with Gasteiger partial charge >= 0.3 is 0 Å². The van der Waals surface area contributed by atoms with Gasteiger partial charge in [0.15, 0.2) is 0 Å². The molecule has 1 aromatic carbocycles. The van der Waals surface area contributed by atoms with Crippen LogP contribution in [0.2, 0.25) is 0 Å². The SMILES string of the molecule is CCC(C)C(C)NC(=O)c1cc(NC)nc2ccccc12. The Morgan fingerprint density at radius 3 is 2.67 bits per heavy atom. The number of fused-ring (bicyclic) bond motifs is 1. The summed E-state index contributed by atoms with van der Waals surface area (Å²) in [5, 5.41) is 6.99. The molecule has 2 N–H and O–H groups in total. The van der Waals surface area contributed by atoms with Gasteiger partial charge in [-0.1, -0.05) is 38.5 Å². The molecule has 2 aromatic rings. The Balaban J connectivity index is 2.38. The van der Waals surface area contributed by atoms with Crippen molar-refractivity contribution in [2.45, 2.75) is 33.2 Å². The topological polar surface area (TPSA) is 54.0 Å². The Morgan fingerprint density at radius 1 is 1.29 bits per heavy atom. The van der Waals surface area contributed by atoms with Crippen molar-refractivity contribution in [2.24, 2.45) is 5.92 Å². The summed E-state index contributed by atoms with van der Waals surface area (Å²) in [4.78, 5) is 17.1. The van der Waals surface area contributed by atoms with Crippen LogP contribution in [-0.4, -0.2) is 24.0 Å². The van der Waals surface area contributed by atoms with Gasteiger partial charge in [-0.05, 0) is 25.0 Å². The first-order chi connectivity index (χ1) is 10.1. The van der Waals surface area contributed by atoms with Gasteiger partial charge in [0.05, 0.1) is 11.1 Å². The van der Waals surface area contributed by atoms with Crippen molar-refractivity contribution in [1.82, 2.24) is 10.3 Å². The molecule has 2 rings (SSSR count). The van der Waals surface area contributed by atoms with Gasteiger partial charge in [0, 0.05) is 18.5 Å². The first kappa shape index (κ1) is 15.3. The van der Waals surface area contributed by atoms with E-state index in [-0.39, 0.29) is 11.9 Å². The Kier molecular flexibility index (Phi) is 4.78. The van der Waals surface area contributed by atoms with Crippen LogP contribution in [0.5, 0.6) is 0 Å². The molecule has 2 unspecified atom stereocenters. The molecular weight excluding hydrogens is 262 g/mol. The average Bonchev–Trinajstić information content (AvgIpc) is 2.52. The van der Waals surface area contributed by atoms with E-state index >= 15 is 0 Å². The number of carbonyl (C=O) groups excluding carboxylic acids is 1. The maximum absolute atomic E-state index is 12.6. The fourth-order valence-electron chi connectivity index (χ4n) is 2.27. The van der Waals surface area contributed by atoms with E-state index in [1.54, 1.807) is 13.1 Å². The zero-order chi connectivity index (χ0) is 15.4. The number of amides is 1. The van der Waals surface area contributed by atoms with Gasteiger partial charge in [0.25, 0.3) is 5.91 Å². The van der Waals surface area contributed by atoms with Crippen molar-refractivity contribution >= 4 is 22.6 Å². The minimum atomic E-state index is -0.0436. The highest BCUT2D eigenvalue weighted by molar-refractivity contribution is 6.07. The number of para-hydroxylation sites is 1. The van der Waals surface area contributed by atoms with Crippen molar-refractivity contribution in [3.05, 3.63) is 35.9 Å². The van der Waals surface area contributed by atoms with Crippen LogP contribution in [0.25, 0.3) is 10.9 Å². The highest BCUT2D eigenvalue weighted by Crippen LogP contribution is 2.21. The fourth-order valence-corrected chi connectivity index (χ4v) is 2.27. The second-order valence-corrected chi connectivity index (χ2v) is 5.47. The summed E-state index contributed by atoms with van der Waals surface area (Å²) in [5.74, 6) is 1.11. The van der Waals surface area contributed by atoms with Gasteiger partial charge in [-0.2, -0.15) is 0 Å². The Bertz CT molecular complexity index is 639. The predicted octanol–water partition coefficient (Wildman–Crippen LogP) is 3.44. The van der Waals surface area contributed by atoms with E-state index in [0.29, 0.717) is 17.3 Å². The number of benzene rings is 1. The van der Waals surface area contributed by atoms with Gasteiger partial charge in [-0.25, -0.2) is 4.98 Å². The van der Waals surface area contributed by atoms with Crippen molar-refractivity contribution in [3.8, 4) is 0 Å². The number of carbonyl (C=O) groups is 1. The number of aromatic nitrogens is 1. The van der Waals surface area contributed by atoms with Crippen LogP contribution < -0.4 is 10.6 Å². The zero-order valence-corrected chi connectivity index (χ0v) is 13.1. The number of anilines is 1. The van der Waals surface area contributed by atoms with E-state index in [0.717, 1.165) is 17.3 Å². The number of rotatable bonds is 5. The third-order valence-corrected chi connectivity index (χ3v) is 4.07. The second-order valence-electron chi connectivity index (χ2n) is 5.47. The molecule has 0 aliphatic rings. The summed E-state index contributed by atoms with van der Waals surface area (Å²) in [5.41, 5.74) is 1.49. The molecule has 1 heterocycles. The number of nitrogens with zero attached hydrogens (tertiary/aromatic N) is 1. The van der Waals surface area contributed by atoms with E-state index in [9.17, 15) is 4.79 Å². The molecule has 4 nitrogen and oxygen atoms in total. The highest BCUT2D eigenvalue weighted by Gasteiger charge is 2.17. The monoisotopic (exact) mass is 285 g/mol. The smallest absolute Gasteiger partial charge is 0.252 e. The average molecular weight is 285 g/mol. The number of hydrogen-bond acceptors (Lipinski definition) is 3. The van der Waals surface area contributed by atoms with E-state index in [2.05, 4.69) is 36.4 Å². The lowest BCUT2D eigenvalue weighted by Crippen LogP contribution is -2.37. The summed E-state index contributed by atoms with van der Waals surface area (Å²) in [6.07, 6.45) is 1.04. The lowest BCUT2D eigenvalue weighted by atomic mass is 10.00. The van der Waals surface area contributed by atoms with Crippen LogP contribution in [0.4, 0.5) is 5.82 Å². The Hall–Kier alpha value is -2.10. The molecular formula is C17H23N3O. The molecule has 1 amide bonds. The Morgan fingerprint density at radius 2 is 2.00 bits per heavy atom. The number of hydrogen-bond donors (Lipinski definition) is 2. The molecule has 1 aromatic heterocycles. The molecule has 21 heavy (non-hydrogen) atoms. The lowest BCUT2D eigenvalue weighted by molar-refractivity contribution is 0.0930. The molecule has 0 saturated carbocycles. The molecule has 112 valence electrons. The van der Waals surface area contributed by atoms with Gasteiger partial charge in [0.1, 0.15) is 5.82 Å². The Labute approximate surface area is 126 Å². The van der Waals surface area contributed by atoms with Crippen molar-refractivity contribution < 1.29 is 4.79 Å². The molecule has 0 radical (unpaired) electrons. The molecule has 0 saturated heterocycles. The predicted molar refractivity (Wildman–Crippen MR) is 87.7 cm³/mol. The largest absolute Gasteiger partial charge is 0.373 e. The summed E-state index contributed by atoms with van der Waals surface area (Å²) in [6, 6.07) is 9.67. The normalized spacial score (nSPS) is 13.7. The number of nitrogens with one attached hydrogen (secondary N) is 2. The van der Waals surface area contributed by atoms with Crippen LogP contribution in [0.15, 0.2) is 30.3 Å². The summed E-state index contributed by atoms with van der Waals surface area (Å²) >= 11 is 0. The highest BCUT2D eigenvalue weighted by atomic mass is 16.1. The first-order valence-electron chi connectivity index (χ1n) is 7.45. The summed E-state index contributed by atoms with van der Waals surface area (Å²) in [6.45, 7) is 6.33. The minimum absolute atomic E-state index is 0.0436. The standard InChI is InChI=1S/C17H23N3O/c1-5-11(2)12(3)19-17(21)14-10-16(18-4)20-15-9-7-6-8-13(14)15/h6-12H,5H2,1-4H3,(H,18,20)(H,19,21). The molecule has 0 fully saturated rings. The maximum Gasteiger partial charge on any atom is 0.252 e. The van der Waals surface area contributed by atoms with E-state index in [1.807, 2.05) is 24.3 Å². The molecule has 0 aliphatic carbocycles. The number of pyridine rings is 1. The quantitative estimate of drug-likeness (QED) is 0.884. The van der Waals surface area contributed by atoms with Crippen LogP contribution in [0.3, 0.4) is 0 Å². The summed E-state index contributed by atoms with van der Waals surface area (Å²) in [7, 11) is 1.81. The molecule has 0 bridgehead atoms. The molecule has 4 heteroatoms. The van der Waals surface area contributed by atoms with Crippen molar-refractivity contribution in [1.29, 1.82) is 0 Å². The van der Waals surface area contributed by atoms with Gasteiger partial charge in [-0.15, -0.1) is 0 Å². The third kappa shape index (κ3) is 3.32. The van der Waals surface area contributed by atoms with Crippen molar-refractivity contribution in [3.63, 3.8) is 0 Å². The third-order valence-electron chi connectivity index (χ3n) is 4.07. The fraction of sp³-hybridized carbons (Fsp3) is 0.412. The van der Waals surface area contributed by atoms with Gasteiger partial charge < -0.3 is 10.6 Å². The van der Waals surface area contributed by atoms with E-state index < -0.39 is 0 Å². The first-order valence-corrected chi connectivity index (χ1v) is 7.45. The van der Waals surface area contributed by atoms with E-state index in [1.165, 1.54) is 0 Å². The zero-order valence-electron chi connectivity index (χ0n) is 13.1. The van der Waals surface area contributed by atoms with Gasteiger partial charge in [-0.3, -0.25) is 4.79 Å². The minimum Gasteiger partial charge on any atom is -0.373 e. The lowest BCUT2D eigenvalue weighted by Gasteiger charge is -2.20. The van der Waals surface area contributed by atoms with Gasteiger partial charge in [0.2, 0.25) is 0 Å². The van der Waals surface area contributed by atoms with Crippen LogP contribution in [-0.2, 0) is 0 Å². The van der Waals surface area contributed by atoms with Crippen molar-refractivity contribution in [2.75, 3.05) is 12.4 Å². The van der Waals surface area contributed by atoms with Crippen LogP contribution >= 0.6 is 0 Å². The van der Waals surface area contributed by atoms with Crippen LogP contribution in [0.1, 0.15) is 37.6 Å². The maximum atomic E-state index is 12.6. The summed E-state index contributed by atoms with van der Waals surface area (Å²) < 4.78 is 0. The molecule has 0 spiro atoms. The van der Waals surface area contributed by atoms with E-state index in [4.69, 9.17) is 0 Å². The second kappa shape index (κ2) is 6.57. The molecule has 0 aliphatic heterocycles. The molecule has 2 atom stereocenters.